The standard InChI is InChI=1S/C35H26N2O6/c1-2-43-28-17-8-6-15-26(28)30-31(32(38)22-11-9-12-23(20-22)37(41)42)36-27-16-7-3-10-21(27)18-19-29(36)35(30)33(39)24-13-4-5-14-25(24)34(35)40/h3-20,29-31H,2H2,1H3/t29-,30+,31-/m0/s1. The van der Waals surface area contributed by atoms with E-state index in [0.29, 0.717) is 34.7 Å². The maximum Gasteiger partial charge on any atom is 0.270 e. The number of para-hydroxylation sites is 2. The molecule has 1 saturated heterocycles. The van der Waals surface area contributed by atoms with Crippen LogP contribution in [0.15, 0.2) is 103 Å². The number of rotatable bonds is 6. The van der Waals surface area contributed by atoms with Gasteiger partial charge in [0.25, 0.3) is 5.69 Å². The number of carbonyl (C=O) groups is 3. The number of nitro benzene ring substituents is 1. The Kier molecular flexibility index (Phi) is 6.09. The van der Waals surface area contributed by atoms with Crippen LogP contribution in [0.2, 0.25) is 0 Å². The number of anilines is 1. The van der Waals surface area contributed by atoms with E-state index in [4.69, 9.17) is 4.74 Å². The minimum absolute atomic E-state index is 0.122. The minimum Gasteiger partial charge on any atom is -0.494 e. The SMILES string of the molecule is CCOc1ccccc1[C@@H]1[C@@H](C(=O)c2cccc([N+](=O)[O-])c2)N2c3ccccc3C=C[C@H]2C12C(=O)c1ccccc1C2=O. The van der Waals surface area contributed by atoms with E-state index in [0.717, 1.165) is 5.56 Å². The molecule has 1 aliphatic carbocycles. The summed E-state index contributed by atoms with van der Waals surface area (Å²) < 4.78 is 6.05. The zero-order valence-corrected chi connectivity index (χ0v) is 23.2. The van der Waals surface area contributed by atoms with Crippen LogP contribution in [0.5, 0.6) is 5.75 Å². The number of benzene rings is 4. The molecule has 2 heterocycles. The predicted octanol–water partition coefficient (Wildman–Crippen LogP) is 6.31. The smallest absolute Gasteiger partial charge is 0.270 e. The summed E-state index contributed by atoms with van der Waals surface area (Å²) in [7, 11) is 0. The monoisotopic (exact) mass is 570 g/mol. The van der Waals surface area contributed by atoms with Crippen molar-refractivity contribution in [3.63, 3.8) is 0 Å². The van der Waals surface area contributed by atoms with Gasteiger partial charge in [0, 0.05) is 46.0 Å². The van der Waals surface area contributed by atoms with E-state index in [1.54, 1.807) is 42.5 Å². The van der Waals surface area contributed by atoms with Gasteiger partial charge in [0.05, 0.1) is 17.6 Å². The van der Waals surface area contributed by atoms with Crippen LogP contribution < -0.4 is 9.64 Å². The number of fused-ring (bicyclic) bond motifs is 5. The van der Waals surface area contributed by atoms with Gasteiger partial charge in [-0.05, 0) is 24.6 Å². The highest BCUT2D eigenvalue weighted by atomic mass is 16.6. The summed E-state index contributed by atoms with van der Waals surface area (Å²) in [6.45, 7) is 2.18. The van der Waals surface area contributed by atoms with Crippen LogP contribution in [0.3, 0.4) is 0 Å². The predicted molar refractivity (Wildman–Crippen MR) is 161 cm³/mol. The average Bonchev–Trinajstić information content (AvgIpc) is 3.47. The van der Waals surface area contributed by atoms with E-state index >= 15 is 0 Å². The second-order valence-electron chi connectivity index (χ2n) is 10.9. The number of hydrogen-bond acceptors (Lipinski definition) is 7. The second-order valence-corrected chi connectivity index (χ2v) is 10.9. The number of non-ortho nitro benzene ring substituents is 1. The van der Waals surface area contributed by atoms with Gasteiger partial charge < -0.3 is 9.64 Å². The number of nitrogens with zero attached hydrogens (tertiary/aromatic N) is 2. The van der Waals surface area contributed by atoms with Crippen LogP contribution in [-0.4, -0.2) is 41.0 Å². The molecule has 3 atom stereocenters. The molecule has 0 N–H and O–H groups in total. The van der Waals surface area contributed by atoms with Gasteiger partial charge in [-0.15, -0.1) is 0 Å². The Labute approximate surface area is 247 Å². The quantitative estimate of drug-likeness (QED) is 0.116. The molecule has 8 nitrogen and oxygen atoms in total. The molecule has 3 aliphatic rings. The van der Waals surface area contributed by atoms with Gasteiger partial charge in [-0.2, -0.15) is 0 Å². The second kappa shape index (κ2) is 9.87. The molecule has 1 spiro atoms. The Hall–Kier alpha value is -5.37. The molecule has 1 fully saturated rings. The lowest BCUT2D eigenvalue weighted by molar-refractivity contribution is -0.384. The van der Waals surface area contributed by atoms with Gasteiger partial charge in [-0.25, -0.2) is 0 Å². The summed E-state index contributed by atoms with van der Waals surface area (Å²) in [5.41, 5.74) is 0.942. The number of ketones is 3. The molecular formula is C35H26N2O6. The molecule has 0 saturated carbocycles. The van der Waals surface area contributed by atoms with E-state index in [9.17, 15) is 24.5 Å². The zero-order valence-electron chi connectivity index (χ0n) is 23.2. The van der Waals surface area contributed by atoms with Crippen LogP contribution >= 0.6 is 0 Å². The van der Waals surface area contributed by atoms with Gasteiger partial charge in [0.1, 0.15) is 17.2 Å². The Morgan fingerprint density at radius 2 is 1.58 bits per heavy atom. The first-order valence-electron chi connectivity index (χ1n) is 14.1. The highest BCUT2D eigenvalue weighted by Crippen LogP contribution is 2.62. The van der Waals surface area contributed by atoms with Crippen LogP contribution in [0, 0.1) is 15.5 Å². The van der Waals surface area contributed by atoms with Crippen molar-refractivity contribution in [3.8, 4) is 5.75 Å². The lowest BCUT2D eigenvalue weighted by Gasteiger charge is -2.37. The lowest BCUT2D eigenvalue weighted by atomic mass is 9.64. The molecule has 2 aliphatic heterocycles. The summed E-state index contributed by atoms with van der Waals surface area (Å²) in [6.07, 6.45) is 3.74. The van der Waals surface area contributed by atoms with Crippen molar-refractivity contribution >= 4 is 34.8 Å². The van der Waals surface area contributed by atoms with Crippen molar-refractivity contribution in [2.45, 2.75) is 24.9 Å². The van der Waals surface area contributed by atoms with Crippen molar-refractivity contribution in [1.29, 1.82) is 0 Å². The fraction of sp³-hybridized carbons (Fsp3) is 0.171. The molecule has 212 valence electrons. The van der Waals surface area contributed by atoms with Gasteiger partial charge in [-0.3, -0.25) is 24.5 Å². The summed E-state index contributed by atoms with van der Waals surface area (Å²) in [5.74, 6) is -1.63. The highest BCUT2D eigenvalue weighted by molar-refractivity contribution is 6.32. The summed E-state index contributed by atoms with van der Waals surface area (Å²) >= 11 is 0. The maximum atomic E-state index is 14.8. The molecule has 0 radical (unpaired) electrons. The normalized spacial score (nSPS) is 21.0. The first-order chi connectivity index (χ1) is 20.9. The molecule has 0 aromatic heterocycles. The largest absolute Gasteiger partial charge is 0.494 e. The van der Waals surface area contributed by atoms with E-state index < -0.39 is 34.1 Å². The number of hydrogen-bond donors (Lipinski definition) is 0. The fourth-order valence-electron chi connectivity index (χ4n) is 7.23. The third kappa shape index (κ3) is 3.65. The average molecular weight is 571 g/mol. The molecule has 43 heavy (non-hydrogen) atoms. The van der Waals surface area contributed by atoms with Crippen LogP contribution in [0.1, 0.15) is 55.0 Å². The van der Waals surface area contributed by atoms with E-state index in [2.05, 4.69) is 0 Å². The molecule has 0 unspecified atom stereocenters. The molecule has 4 aromatic rings. The zero-order chi connectivity index (χ0) is 29.9. The summed E-state index contributed by atoms with van der Waals surface area (Å²) in [5, 5.41) is 11.7. The van der Waals surface area contributed by atoms with E-state index in [-0.39, 0.29) is 22.8 Å². The molecule has 4 aromatic carbocycles. The van der Waals surface area contributed by atoms with Crippen molar-refractivity contribution < 1.29 is 24.0 Å². The van der Waals surface area contributed by atoms with E-state index in [1.165, 1.54) is 18.2 Å². The Balaban J connectivity index is 1.56. The minimum atomic E-state index is -1.69. The van der Waals surface area contributed by atoms with Crippen LogP contribution in [0.4, 0.5) is 11.4 Å². The van der Waals surface area contributed by atoms with Crippen LogP contribution in [-0.2, 0) is 0 Å². The number of ether oxygens (including phenoxy) is 1. The third-order valence-electron chi connectivity index (χ3n) is 8.88. The topological polar surface area (TPSA) is 107 Å². The molecular weight excluding hydrogens is 544 g/mol. The van der Waals surface area contributed by atoms with Crippen molar-refractivity contribution in [1.82, 2.24) is 0 Å². The van der Waals surface area contributed by atoms with Gasteiger partial charge >= 0.3 is 0 Å². The molecule has 0 amide bonds. The molecule has 7 rings (SSSR count). The van der Waals surface area contributed by atoms with Crippen molar-refractivity contribution in [2.75, 3.05) is 11.5 Å². The first kappa shape index (κ1) is 26.5. The van der Waals surface area contributed by atoms with Gasteiger partial charge in [0.15, 0.2) is 17.3 Å². The first-order valence-corrected chi connectivity index (χ1v) is 14.1. The Bertz CT molecular complexity index is 1840. The summed E-state index contributed by atoms with van der Waals surface area (Å²) in [6, 6.07) is 25.3. The third-order valence-corrected chi connectivity index (χ3v) is 8.88. The van der Waals surface area contributed by atoms with Crippen molar-refractivity contribution in [3.05, 3.63) is 141 Å². The molecule has 8 heteroatoms. The van der Waals surface area contributed by atoms with Gasteiger partial charge in [0.2, 0.25) is 0 Å². The number of nitro groups is 1. The molecule has 0 bridgehead atoms. The Morgan fingerprint density at radius 1 is 0.907 bits per heavy atom. The summed E-state index contributed by atoms with van der Waals surface area (Å²) in [4.78, 5) is 57.4. The lowest BCUT2D eigenvalue weighted by Crippen LogP contribution is -2.48. The van der Waals surface area contributed by atoms with Gasteiger partial charge in [-0.1, -0.05) is 84.9 Å². The highest BCUT2D eigenvalue weighted by Gasteiger charge is 2.72. The van der Waals surface area contributed by atoms with E-state index in [1.807, 2.05) is 60.4 Å². The maximum absolute atomic E-state index is 14.8. The van der Waals surface area contributed by atoms with Crippen LogP contribution in [0.25, 0.3) is 6.08 Å². The Morgan fingerprint density at radius 3 is 2.30 bits per heavy atom. The van der Waals surface area contributed by atoms with Crippen molar-refractivity contribution in [2.24, 2.45) is 5.41 Å². The fourth-order valence-corrected chi connectivity index (χ4v) is 7.23. The number of carbonyl (C=O) groups excluding carboxylic acids is 3. The number of Topliss-reactive ketones (excluding diaryl/α,β-unsaturated/α-hetero) is 3.